The molecule has 2 aromatic heterocycles. The fourth-order valence-electron chi connectivity index (χ4n) is 3.53. The highest BCUT2D eigenvalue weighted by molar-refractivity contribution is 6.25. The summed E-state index contributed by atoms with van der Waals surface area (Å²) in [6.07, 6.45) is 4.06. The van der Waals surface area contributed by atoms with Crippen LogP contribution in [0.3, 0.4) is 0 Å². The lowest BCUT2D eigenvalue weighted by atomic mass is 10.2. The van der Waals surface area contributed by atoms with E-state index in [1.165, 1.54) is 4.68 Å². The smallest absolute Gasteiger partial charge is 0.277 e. The molecule has 1 aliphatic rings. The highest BCUT2D eigenvalue weighted by Crippen LogP contribution is 2.31. The van der Waals surface area contributed by atoms with Crippen LogP contribution in [0, 0.1) is 0 Å². The summed E-state index contributed by atoms with van der Waals surface area (Å²) in [4.78, 5) is 15.4. The molecule has 1 aliphatic heterocycles. The van der Waals surface area contributed by atoms with Crippen molar-refractivity contribution in [3.05, 3.63) is 84.3 Å². The fraction of sp³-hybridized carbons (Fsp3) is 0.0909. The molecule has 2 aromatic carbocycles. The van der Waals surface area contributed by atoms with E-state index in [1.54, 1.807) is 29.4 Å². The number of carbonyl (C=O) groups is 1. The Morgan fingerprint density at radius 2 is 1.83 bits per heavy atom. The van der Waals surface area contributed by atoms with Gasteiger partial charge in [0, 0.05) is 23.9 Å². The van der Waals surface area contributed by atoms with Crippen molar-refractivity contribution in [2.45, 2.75) is 6.42 Å². The number of aromatic nitrogens is 4. The van der Waals surface area contributed by atoms with Crippen molar-refractivity contribution >= 4 is 23.4 Å². The van der Waals surface area contributed by atoms with Crippen molar-refractivity contribution < 1.29 is 9.21 Å². The van der Waals surface area contributed by atoms with Crippen molar-refractivity contribution in [1.29, 1.82) is 0 Å². The molecule has 0 saturated carbocycles. The molecule has 29 heavy (non-hydrogen) atoms. The maximum Gasteiger partial charge on any atom is 0.277 e. The maximum atomic E-state index is 13.6. The Labute approximate surface area is 166 Å². The van der Waals surface area contributed by atoms with Gasteiger partial charge in [-0.05, 0) is 40.6 Å². The van der Waals surface area contributed by atoms with E-state index >= 15 is 0 Å². The zero-order chi connectivity index (χ0) is 19.6. The Morgan fingerprint density at radius 3 is 2.66 bits per heavy atom. The molecule has 0 fully saturated rings. The minimum absolute atomic E-state index is 0.184. The zero-order valence-electron chi connectivity index (χ0n) is 15.5. The summed E-state index contributed by atoms with van der Waals surface area (Å²) in [5, 5.41) is 12.1. The van der Waals surface area contributed by atoms with Crippen LogP contribution in [0.15, 0.2) is 77.4 Å². The van der Waals surface area contributed by atoms with Gasteiger partial charge in [-0.25, -0.2) is 0 Å². The summed E-state index contributed by atoms with van der Waals surface area (Å²) in [5.41, 5.74) is 3.20. The van der Waals surface area contributed by atoms with Gasteiger partial charge < -0.3 is 9.32 Å². The highest BCUT2D eigenvalue weighted by Gasteiger charge is 2.29. The topological polar surface area (TPSA) is 77.0 Å². The van der Waals surface area contributed by atoms with Gasteiger partial charge in [0.1, 0.15) is 11.5 Å². The number of nitrogens with zero attached hydrogens (tertiary/aromatic N) is 5. The zero-order valence-corrected chi connectivity index (χ0v) is 15.5. The predicted octanol–water partition coefficient (Wildman–Crippen LogP) is 3.52. The first-order valence-electron chi connectivity index (χ1n) is 9.30. The summed E-state index contributed by atoms with van der Waals surface area (Å²) in [5.74, 6) is 0.857. The number of rotatable bonds is 4. The van der Waals surface area contributed by atoms with Crippen molar-refractivity contribution in [2.24, 2.45) is 0 Å². The number of fused-ring (bicyclic) bond motifs is 1. The van der Waals surface area contributed by atoms with Crippen molar-refractivity contribution in [3.63, 3.8) is 0 Å². The number of carbonyl (C=O) groups excluding carboxylic acids is 1. The molecule has 0 N–H and O–H groups in total. The van der Waals surface area contributed by atoms with Gasteiger partial charge in [0.05, 0.1) is 6.26 Å². The average Bonchev–Trinajstić information content (AvgIpc) is 3.53. The van der Waals surface area contributed by atoms with Crippen LogP contribution in [0.2, 0.25) is 0 Å². The molecule has 0 spiro atoms. The summed E-state index contributed by atoms with van der Waals surface area (Å²) >= 11 is 0. The number of anilines is 1. The second-order valence-electron chi connectivity index (χ2n) is 6.66. The quantitative estimate of drug-likeness (QED) is 0.504. The number of furan rings is 1. The lowest BCUT2D eigenvalue weighted by molar-refractivity contribution is -0.113. The van der Waals surface area contributed by atoms with E-state index in [9.17, 15) is 4.79 Å². The summed E-state index contributed by atoms with van der Waals surface area (Å²) in [7, 11) is 0. The molecule has 4 aromatic rings. The van der Waals surface area contributed by atoms with Crippen molar-refractivity contribution in [3.8, 4) is 11.4 Å². The molecule has 3 heterocycles. The molecular weight excluding hydrogens is 366 g/mol. The first kappa shape index (κ1) is 17.1. The molecule has 0 aliphatic carbocycles. The second kappa shape index (κ2) is 7.20. The minimum Gasteiger partial charge on any atom is -0.465 e. The van der Waals surface area contributed by atoms with Crippen LogP contribution in [0.4, 0.5) is 5.69 Å². The van der Waals surface area contributed by atoms with E-state index < -0.39 is 0 Å². The molecule has 1 amide bonds. The normalized spacial score (nSPS) is 13.5. The van der Waals surface area contributed by atoms with Gasteiger partial charge in [-0.1, -0.05) is 48.5 Å². The van der Waals surface area contributed by atoms with Crippen molar-refractivity contribution in [2.75, 3.05) is 11.4 Å². The van der Waals surface area contributed by atoms with Gasteiger partial charge in [-0.15, -0.1) is 5.10 Å². The van der Waals surface area contributed by atoms with Crippen LogP contribution >= 0.6 is 0 Å². The predicted molar refractivity (Wildman–Crippen MR) is 109 cm³/mol. The molecular formula is C22H17N5O2. The lowest BCUT2D eigenvalue weighted by Crippen LogP contribution is -2.32. The van der Waals surface area contributed by atoms with E-state index in [4.69, 9.17) is 4.42 Å². The van der Waals surface area contributed by atoms with E-state index in [1.807, 2.05) is 54.6 Å². The fourth-order valence-corrected chi connectivity index (χ4v) is 3.53. The maximum absolute atomic E-state index is 13.6. The molecule has 0 atom stereocenters. The number of para-hydroxylation sites is 1. The monoisotopic (exact) mass is 383 g/mol. The second-order valence-corrected chi connectivity index (χ2v) is 6.66. The molecule has 0 unspecified atom stereocenters. The number of benzene rings is 2. The summed E-state index contributed by atoms with van der Waals surface area (Å²) < 4.78 is 6.93. The number of amides is 1. The summed E-state index contributed by atoms with van der Waals surface area (Å²) in [6, 6.07) is 21.0. The summed E-state index contributed by atoms with van der Waals surface area (Å²) in [6.45, 7) is 0.608. The Bertz CT molecular complexity index is 1180. The van der Waals surface area contributed by atoms with Crippen LogP contribution in [-0.4, -0.2) is 32.7 Å². The van der Waals surface area contributed by atoms with Gasteiger partial charge >= 0.3 is 0 Å². The molecule has 0 saturated heterocycles. The van der Waals surface area contributed by atoms with E-state index in [2.05, 4.69) is 15.5 Å². The van der Waals surface area contributed by atoms with Crippen LogP contribution in [0.25, 0.3) is 23.2 Å². The van der Waals surface area contributed by atoms with Crippen LogP contribution in [0.5, 0.6) is 0 Å². The van der Waals surface area contributed by atoms with E-state index in [0.717, 1.165) is 23.2 Å². The Balaban J connectivity index is 1.62. The average molecular weight is 383 g/mol. The van der Waals surface area contributed by atoms with Gasteiger partial charge in [-0.2, -0.15) is 4.68 Å². The van der Waals surface area contributed by atoms with Crippen LogP contribution in [-0.2, 0) is 11.2 Å². The SMILES string of the molecule is O=C(C(=Cc1ccco1)n1nnnc1-c1ccccc1)N1CCc2ccccc21. The number of hydrogen-bond acceptors (Lipinski definition) is 5. The molecule has 142 valence electrons. The van der Waals surface area contributed by atoms with Gasteiger partial charge in [0.2, 0.25) is 0 Å². The Kier molecular flexibility index (Phi) is 4.25. The molecule has 7 nitrogen and oxygen atoms in total. The molecule has 0 radical (unpaired) electrons. The standard InChI is InChI=1S/C22H17N5O2/c28-22(26-13-12-16-7-4-5-11-19(16)26)20(15-18-10-6-14-29-18)27-21(23-24-25-27)17-8-2-1-3-9-17/h1-11,14-15H,12-13H2. The third-order valence-electron chi connectivity index (χ3n) is 4.90. The first-order valence-corrected chi connectivity index (χ1v) is 9.30. The number of hydrogen-bond donors (Lipinski definition) is 0. The van der Waals surface area contributed by atoms with Crippen molar-refractivity contribution in [1.82, 2.24) is 20.2 Å². The van der Waals surface area contributed by atoms with Crippen LogP contribution in [0.1, 0.15) is 11.3 Å². The third kappa shape index (κ3) is 3.12. The molecule has 7 heteroatoms. The molecule has 5 rings (SSSR count). The van der Waals surface area contributed by atoms with Crippen LogP contribution < -0.4 is 4.90 Å². The number of tetrazole rings is 1. The third-order valence-corrected chi connectivity index (χ3v) is 4.90. The highest BCUT2D eigenvalue weighted by atomic mass is 16.3. The van der Waals surface area contributed by atoms with E-state index in [-0.39, 0.29) is 5.91 Å². The lowest BCUT2D eigenvalue weighted by Gasteiger charge is -2.19. The van der Waals surface area contributed by atoms with Gasteiger partial charge in [0.15, 0.2) is 5.82 Å². The van der Waals surface area contributed by atoms with Gasteiger partial charge in [0.25, 0.3) is 5.91 Å². The van der Waals surface area contributed by atoms with Gasteiger partial charge in [-0.3, -0.25) is 4.79 Å². The Morgan fingerprint density at radius 1 is 1.00 bits per heavy atom. The van der Waals surface area contributed by atoms with E-state index in [0.29, 0.717) is 23.8 Å². The first-order chi connectivity index (χ1) is 14.3. The minimum atomic E-state index is -0.184. The molecule has 0 bridgehead atoms. The largest absolute Gasteiger partial charge is 0.465 e. The Hall–Kier alpha value is -4.00.